The summed E-state index contributed by atoms with van der Waals surface area (Å²) in [5.41, 5.74) is 1.15. The van der Waals surface area contributed by atoms with Gasteiger partial charge in [0.25, 0.3) is 5.91 Å². The van der Waals surface area contributed by atoms with Crippen molar-refractivity contribution in [3.05, 3.63) is 20.3 Å². The molecule has 0 radical (unpaired) electrons. The predicted octanol–water partition coefficient (Wildman–Crippen LogP) is 3.30. The fourth-order valence-electron chi connectivity index (χ4n) is 1.84. The average Bonchev–Trinajstić information content (AvgIpc) is 2.74. The number of rotatable bonds is 1. The van der Waals surface area contributed by atoms with Gasteiger partial charge in [0.1, 0.15) is 0 Å². The van der Waals surface area contributed by atoms with Crippen LogP contribution in [0.2, 0.25) is 0 Å². The molecule has 2 rings (SSSR count). The molecule has 2 heterocycles. The molecule has 0 N–H and O–H groups in total. The highest BCUT2D eigenvalue weighted by atomic mass is 79.9. The molecule has 0 bridgehead atoms. The third-order valence-electron chi connectivity index (χ3n) is 2.78. The van der Waals surface area contributed by atoms with Crippen LogP contribution in [0.25, 0.3) is 0 Å². The van der Waals surface area contributed by atoms with Crippen LogP contribution in [0.4, 0.5) is 0 Å². The number of halogens is 1. The predicted molar refractivity (Wildman–Crippen MR) is 66.4 cm³/mol. The topological polar surface area (TPSA) is 20.3 Å². The van der Waals surface area contributed by atoms with Gasteiger partial charge < -0.3 is 4.90 Å². The summed E-state index contributed by atoms with van der Waals surface area (Å²) in [6.45, 7) is 6.04. The Bertz CT molecular complexity index is 368. The second kappa shape index (κ2) is 4.26. The van der Waals surface area contributed by atoms with Crippen LogP contribution in [0.5, 0.6) is 0 Å². The van der Waals surface area contributed by atoms with Crippen molar-refractivity contribution in [1.82, 2.24) is 4.90 Å². The van der Waals surface area contributed by atoms with Crippen molar-refractivity contribution >= 4 is 33.2 Å². The van der Waals surface area contributed by atoms with Gasteiger partial charge in [0.05, 0.1) is 8.66 Å². The minimum atomic E-state index is 0.193. The van der Waals surface area contributed by atoms with Gasteiger partial charge in [0.2, 0.25) is 0 Å². The second-order valence-electron chi connectivity index (χ2n) is 4.21. The highest BCUT2D eigenvalue weighted by molar-refractivity contribution is 9.11. The summed E-state index contributed by atoms with van der Waals surface area (Å²) in [5, 5.41) is 0. The smallest absolute Gasteiger partial charge is 0.263 e. The van der Waals surface area contributed by atoms with Gasteiger partial charge in [-0.1, -0.05) is 6.92 Å². The molecule has 1 atom stereocenters. The lowest BCUT2D eigenvalue weighted by molar-refractivity contribution is 0.0793. The van der Waals surface area contributed by atoms with E-state index < -0.39 is 0 Å². The molecule has 1 amide bonds. The second-order valence-corrected chi connectivity index (χ2v) is 6.58. The van der Waals surface area contributed by atoms with Gasteiger partial charge >= 0.3 is 0 Å². The quantitative estimate of drug-likeness (QED) is 0.776. The summed E-state index contributed by atoms with van der Waals surface area (Å²) >= 11 is 4.99. The molecule has 1 aromatic heterocycles. The zero-order valence-electron chi connectivity index (χ0n) is 8.92. The van der Waals surface area contributed by atoms with Crippen LogP contribution in [0.3, 0.4) is 0 Å². The SMILES string of the molecule is Cc1cc(C(=O)N2CCC(C)C2)sc1Br. The average molecular weight is 288 g/mol. The third-order valence-corrected chi connectivity index (χ3v) is 4.90. The third kappa shape index (κ3) is 2.26. The largest absolute Gasteiger partial charge is 0.338 e. The lowest BCUT2D eigenvalue weighted by atomic mass is 10.2. The van der Waals surface area contributed by atoms with E-state index in [1.807, 2.05) is 17.9 Å². The number of likely N-dealkylation sites (tertiary alicyclic amines) is 1. The van der Waals surface area contributed by atoms with Crippen molar-refractivity contribution in [3.63, 3.8) is 0 Å². The molecule has 1 fully saturated rings. The maximum atomic E-state index is 12.1. The minimum absolute atomic E-state index is 0.193. The molecule has 15 heavy (non-hydrogen) atoms. The van der Waals surface area contributed by atoms with Crippen LogP contribution >= 0.6 is 27.3 Å². The Morgan fingerprint density at radius 2 is 2.40 bits per heavy atom. The molecule has 0 saturated carbocycles. The zero-order chi connectivity index (χ0) is 11.0. The lowest BCUT2D eigenvalue weighted by Gasteiger charge is -2.14. The van der Waals surface area contributed by atoms with Crippen molar-refractivity contribution in [2.75, 3.05) is 13.1 Å². The molecule has 2 nitrogen and oxygen atoms in total. The van der Waals surface area contributed by atoms with E-state index in [-0.39, 0.29) is 5.91 Å². The van der Waals surface area contributed by atoms with E-state index in [4.69, 9.17) is 0 Å². The van der Waals surface area contributed by atoms with Gasteiger partial charge in [-0.2, -0.15) is 0 Å². The van der Waals surface area contributed by atoms with Gasteiger partial charge in [-0.05, 0) is 46.8 Å². The van der Waals surface area contributed by atoms with Crippen LogP contribution in [-0.4, -0.2) is 23.9 Å². The Hall–Kier alpha value is -0.350. The summed E-state index contributed by atoms with van der Waals surface area (Å²) in [6, 6.07) is 1.97. The molecule has 1 saturated heterocycles. The highest BCUT2D eigenvalue weighted by Gasteiger charge is 2.25. The number of thiophene rings is 1. The first-order valence-electron chi connectivity index (χ1n) is 5.13. The first kappa shape index (κ1) is 11.1. The molecule has 82 valence electrons. The minimum Gasteiger partial charge on any atom is -0.338 e. The summed E-state index contributed by atoms with van der Waals surface area (Å²) in [4.78, 5) is 14.9. The molecule has 0 spiro atoms. The Kier molecular flexibility index (Phi) is 3.16. The van der Waals surface area contributed by atoms with Crippen molar-refractivity contribution < 1.29 is 4.79 Å². The highest BCUT2D eigenvalue weighted by Crippen LogP contribution is 2.29. The molecular weight excluding hydrogens is 274 g/mol. The molecular formula is C11H14BrNOS. The van der Waals surface area contributed by atoms with Crippen LogP contribution in [0, 0.1) is 12.8 Å². The van der Waals surface area contributed by atoms with Gasteiger partial charge in [0.15, 0.2) is 0 Å². The van der Waals surface area contributed by atoms with Gasteiger partial charge in [-0.3, -0.25) is 4.79 Å². The van der Waals surface area contributed by atoms with Gasteiger partial charge in [-0.15, -0.1) is 11.3 Å². The van der Waals surface area contributed by atoms with E-state index in [0.717, 1.165) is 33.7 Å². The van der Waals surface area contributed by atoms with Crippen LogP contribution in [0.1, 0.15) is 28.6 Å². The Morgan fingerprint density at radius 1 is 1.67 bits per heavy atom. The fourth-order valence-corrected chi connectivity index (χ4v) is 3.34. The summed E-state index contributed by atoms with van der Waals surface area (Å²) in [5.74, 6) is 0.844. The van der Waals surface area contributed by atoms with E-state index in [0.29, 0.717) is 5.92 Å². The first-order valence-corrected chi connectivity index (χ1v) is 6.74. The molecule has 0 aliphatic carbocycles. The molecule has 1 aliphatic rings. The Balaban J connectivity index is 2.14. The molecule has 1 aromatic rings. The van der Waals surface area contributed by atoms with Crippen molar-refractivity contribution in [3.8, 4) is 0 Å². The van der Waals surface area contributed by atoms with Gasteiger partial charge in [0, 0.05) is 13.1 Å². The summed E-state index contributed by atoms with van der Waals surface area (Å²) in [6.07, 6.45) is 1.14. The number of amides is 1. The van der Waals surface area contributed by atoms with Crippen LogP contribution < -0.4 is 0 Å². The van der Waals surface area contributed by atoms with Crippen molar-refractivity contribution in [2.24, 2.45) is 5.92 Å². The van der Waals surface area contributed by atoms with Crippen LogP contribution in [-0.2, 0) is 0 Å². The van der Waals surface area contributed by atoms with Crippen LogP contribution in [0.15, 0.2) is 9.85 Å². The van der Waals surface area contributed by atoms with E-state index in [9.17, 15) is 4.79 Å². The fraction of sp³-hybridized carbons (Fsp3) is 0.545. The van der Waals surface area contributed by atoms with E-state index >= 15 is 0 Å². The van der Waals surface area contributed by atoms with Crippen molar-refractivity contribution in [1.29, 1.82) is 0 Å². The standard InChI is InChI=1S/C11H14BrNOS/c1-7-3-4-13(6-7)11(14)9-5-8(2)10(12)15-9/h5,7H,3-4,6H2,1-2H3. The maximum Gasteiger partial charge on any atom is 0.263 e. The number of hydrogen-bond donors (Lipinski definition) is 0. The summed E-state index contributed by atoms with van der Waals surface area (Å²) in [7, 11) is 0. The summed E-state index contributed by atoms with van der Waals surface area (Å²) < 4.78 is 1.07. The lowest BCUT2D eigenvalue weighted by Crippen LogP contribution is -2.27. The number of nitrogens with zero attached hydrogens (tertiary/aromatic N) is 1. The normalized spacial score (nSPS) is 21.0. The molecule has 1 unspecified atom stereocenters. The monoisotopic (exact) mass is 287 g/mol. The van der Waals surface area contributed by atoms with E-state index in [2.05, 4.69) is 22.9 Å². The van der Waals surface area contributed by atoms with Crippen molar-refractivity contribution in [2.45, 2.75) is 20.3 Å². The Labute approximate surface area is 102 Å². The molecule has 0 aromatic carbocycles. The number of carbonyl (C=O) groups excluding carboxylic acids is 1. The zero-order valence-corrected chi connectivity index (χ0v) is 11.3. The molecule has 4 heteroatoms. The number of aryl methyl sites for hydroxylation is 1. The maximum absolute atomic E-state index is 12.1. The van der Waals surface area contributed by atoms with E-state index in [1.54, 1.807) is 0 Å². The number of hydrogen-bond acceptors (Lipinski definition) is 2. The van der Waals surface area contributed by atoms with E-state index in [1.165, 1.54) is 11.3 Å². The number of carbonyl (C=O) groups is 1. The Morgan fingerprint density at radius 3 is 2.87 bits per heavy atom. The molecule has 1 aliphatic heterocycles. The first-order chi connectivity index (χ1) is 7.08. The van der Waals surface area contributed by atoms with Gasteiger partial charge in [-0.25, -0.2) is 0 Å².